The van der Waals surface area contributed by atoms with Gasteiger partial charge in [-0.1, -0.05) is 32.1 Å². The summed E-state index contributed by atoms with van der Waals surface area (Å²) in [7, 11) is 0. The lowest BCUT2D eigenvalue weighted by atomic mass is 10.0. The number of rotatable bonds is 8. The van der Waals surface area contributed by atoms with Gasteiger partial charge >= 0.3 is 6.18 Å². The Labute approximate surface area is 166 Å². The van der Waals surface area contributed by atoms with Gasteiger partial charge in [-0.15, -0.1) is 0 Å². The normalized spacial score (nSPS) is 16.7. The molecule has 3 nitrogen and oxygen atoms in total. The van der Waals surface area contributed by atoms with E-state index in [2.05, 4.69) is 23.6 Å². The highest BCUT2D eigenvalue weighted by Gasteiger charge is 2.30. The summed E-state index contributed by atoms with van der Waals surface area (Å²) < 4.78 is 37.9. The number of carbonyl (C=O) groups excluding carboxylic acids is 1. The molecule has 1 aliphatic heterocycles. The molecule has 0 spiro atoms. The van der Waals surface area contributed by atoms with E-state index >= 15 is 0 Å². The molecule has 28 heavy (non-hydrogen) atoms. The van der Waals surface area contributed by atoms with E-state index in [-0.39, 0.29) is 5.78 Å². The van der Waals surface area contributed by atoms with E-state index < -0.39 is 11.7 Å². The highest BCUT2D eigenvalue weighted by Crippen LogP contribution is 2.29. The van der Waals surface area contributed by atoms with Crippen LogP contribution in [0.15, 0.2) is 36.0 Å². The van der Waals surface area contributed by atoms with Crippen LogP contribution in [0, 0.1) is 0 Å². The quantitative estimate of drug-likeness (QED) is 0.551. The van der Waals surface area contributed by atoms with E-state index in [1.807, 2.05) is 13.0 Å². The summed E-state index contributed by atoms with van der Waals surface area (Å²) in [5.74, 6) is -0.122. The van der Waals surface area contributed by atoms with Crippen molar-refractivity contribution in [2.45, 2.75) is 58.7 Å². The highest BCUT2D eigenvalue weighted by atomic mass is 19.4. The Bertz CT molecular complexity index is 655. The zero-order valence-corrected chi connectivity index (χ0v) is 17.1. The topological polar surface area (TPSA) is 23.6 Å². The summed E-state index contributed by atoms with van der Waals surface area (Å²) >= 11 is 0. The minimum absolute atomic E-state index is 0.122. The van der Waals surface area contributed by atoms with E-state index in [0.29, 0.717) is 24.4 Å². The van der Waals surface area contributed by atoms with Gasteiger partial charge in [0.05, 0.1) is 5.56 Å². The molecule has 1 fully saturated rings. The molecule has 0 aliphatic carbocycles. The Morgan fingerprint density at radius 2 is 1.61 bits per heavy atom. The number of benzene rings is 1. The Hall–Kier alpha value is -1.82. The van der Waals surface area contributed by atoms with Gasteiger partial charge in [-0.05, 0) is 38.3 Å². The molecule has 0 radical (unpaired) electrons. The van der Waals surface area contributed by atoms with Crippen molar-refractivity contribution in [2.24, 2.45) is 0 Å². The van der Waals surface area contributed by atoms with E-state index in [0.717, 1.165) is 56.9 Å². The summed E-state index contributed by atoms with van der Waals surface area (Å²) in [6.45, 7) is 10.4. The molecule has 1 aromatic carbocycles. The summed E-state index contributed by atoms with van der Waals surface area (Å²) in [6, 6.07) is 5.13. The molecule has 0 atom stereocenters. The number of Topliss-reactive ketones (excluding diaryl/α,β-unsaturated/α-hetero) is 1. The van der Waals surface area contributed by atoms with Crippen LogP contribution in [-0.2, 0) is 6.18 Å². The second kappa shape index (κ2) is 10.1. The number of nitrogens with zero attached hydrogens (tertiary/aromatic N) is 2. The number of hydrogen-bond acceptors (Lipinski definition) is 3. The first kappa shape index (κ1) is 22.5. The van der Waals surface area contributed by atoms with Crippen molar-refractivity contribution in [1.82, 2.24) is 9.80 Å². The zero-order chi connectivity index (χ0) is 20.7. The molecule has 6 heteroatoms. The van der Waals surface area contributed by atoms with Crippen LogP contribution in [0.25, 0.3) is 0 Å². The van der Waals surface area contributed by atoms with Crippen LogP contribution in [0.2, 0.25) is 0 Å². The molecule has 0 saturated carbocycles. The first-order valence-corrected chi connectivity index (χ1v) is 10.1. The van der Waals surface area contributed by atoms with Crippen LogP contribution in [0.1, 0.15) is 62.4 Å². The van der Waals surface area contributed by atoms with Gasteiger partial charge in [0, 0.05) is 49.9 Å². The van der Waals surface area contributed by atoms with Gasteiger partial charge in [0.1, 0.15) is 0 Å². The number of hydrogen-bond donors (Lipinski definition) is 0. The fraction of sp³-hybridized carbons (Fsp3) is 0.591. The Kier molecular flexibility index (Phi) is 8.10. The molecule has 1 aliphatic rings. The predicted octanol–water partition coefficient (Wildman–Crippen LogP) is 5.38. The maximum atomic E-state index is 12.6. The zero-order valence-electron chi connectivity index (χ0n) is 17.1. The van der Waals surface area contributed by atoms with Crippen LogP contribution in [-0.4, -0.2) is 47.8 Å². The molecule has 1 aromatic rings. The Morgan fingerprint density at radius 1 is 1.04 bits per heavy atom. The Morgan fingerprint density at radius 3 is 2.07 bits per heavy atom. The number of ketones is 1. The smallest absolute Gasteiger partial charge is 0.373 e. The minimum Gasteiger partial charge on any atom is -0.373 e. The van der Waals surface area contributed by atoms with Crippen molar-refractivity contribution in [1.29, 1.82) is 0 Å². The number of alkyl halides is 3. The van der Waals surface area contributed by atoms with Crippen molar-refractivity contribution in [3.05, 3.63) is 47.2 Å². The monoisotopic (exact) mass is 396 g/mol. The predicted molar refractivity (Wildman–Crippen MR) is 106 cm³/mol. The fourth-order valence-electron chi connectivity index (χ4n) is 3.90. The summed E-state index contributed by atoms with van der Waals surface area (Å²) in [6.07, 6.45) is 0.908. The van der Waals surface area contributed by atoms with Crippen LogP contribution in [0.4, 0.5) is 13.2 Å². The average Bonchev–Trinajstić information content (AvgIpc) is 2.69. The van der Waals surface area contributed by atoms with Gasteiger partial charge in [0.25, 0.3) is 0 Å². The van der Waals surface area contributed by atoms with Crippen molar-refractivity contribution in [3.63, 3.8) is 0 Å². The first-order valence-electron chi connectivity index (χ1n) is 10.1. The number of carbonyl (C=O) groups is 1. The molecule has 0 bridgehead atoms. The molecular formula is C22H31F3N2O. The highest BCUT2D eigenvalue weighted by molar-refractivity contribution is 5.96. The lowest BCUT2D eigenvalue weighted by Crippen LogP contribution is -2.49. The van der Waals surface area contributed by atoms with E-state index in [1.165, 1.54) is 12.1 Å². The standard InChI is InChI=1S/C22H31F3N2O/c1-4-19(5-2)26-13-15-27(16-14-26)20(6-3)11-12-21(28)17-7-9-18(10-8-17)22(23,24)25/h6-10,19H,4-5,11-16H2,1-3H3/b20-6+. The van der Waals surface area contributed by atoms with E-state index in [9.17, 15) is 18.0 Å². The molecule has 2 rings (SSSR count). The van der Waals surface area contributed by atoms with Gasteiger partial charge in [0.15, 0.2) is 5.78 Å². The third kappa shape index (κ3) is 5.84. The van der Waals surface area contributed by atoms with Crippen molar-refractivity contribution in [3.8, 4) is 0 Å². The molecule has 0 N–H and O–H groups in total. The third-order valence-electron chi connectivity index (χ3n) is 5.65. The molecule has 0 aromatic heterocycles. The first-order chi connectivity index (χ1) is 13.3. The van der Waals surface area contributed by atoms with E-state index in [4.69, 9.17) is 0 Å². The third-order valence-corrected chi connectivity index (χ3v) is 5.65. The maximum absolute atomic E-state index is 12.6. The second-order valence-corrected chi connectivity index (χ2v) is 7.27. The van der Waals surface area contributed by atoms with Crippen molar-refractivity contribution >= 4 is 5.78 Å². The van der Waals surface area contributed by atoms with Crippen LogP contribution >= 0.6 is 0 Å². The van der Waals surface area contributed by atoms with E-state index in [1.54, 1.807) is 0 Å². The maximum Gasteiger partial charge on any atom is 0.416 e. The van der Waals surface area contributed by atoms with Crippen LogP contribution in [0.3, 0.4) is 0 Å². The van der Waals surface area contributed by atoms with Crippen molar-refractivity contribution in [2.75, 3.05) is 26.2 Å². The molecule has 156 valence electrons. The molecule has 1 heterocycles. The molecule has 1 saturated heterocycles. The molecule has 0 unspecified atom stereocenters. The van der Waals surface area contributed by atoms with Gasteiger partial charge < -0.3 is 4.90 Å². The molecular weight excluding hydrogens is 365 g/mol. The average molecular weight is 396 g/mol. The SMILES string of the molecule is C/C=C(\CCC(=O)c1ccc(C(F)(F)F)cc1)N1CCN(C(CC)CC)CC1. The summed E-state index contributed by atoms with van der Waals surface area (Å²) in [5, 5.41) is 0. The second-order valence-electron chi connectivity index (χ2n) is 7.27. The van der Waals surface area contributed by atoms with Gasteiger partial charge in [0.2, 0.25) is 0 Å². The lowest BCUT2D eigenvalue weighted by molar-refractivity contribution is -0.137. The number of piperazine rings is 1. The fourth-order valence-corrected chi connectivity index (χ4v) is 3.90. The van der Waals surface area contributed by atoms with Gasteiger partial charge in [-0.2, -0.15) is 13.2 Å². The lowest BCUT2D eigenvalue weighted by Gasteiger charge is -2.40. The minimum atomic E-state index is -4.38. The largest absolute Gasteiger partial charge is 0.416 e. The summed E-state index contributed by atoms with van der Waals surface area (Å²) in [5.41, 5.74) is 0.750. The number of halogens is 3. The van der Waals surface area contributed by atoms with Crippen LogP contribution < -0.4 is 0 Å². The van der Waals surface area contributed by atoms with Gasteiger partial charge in [-0.3, -0.25) is 9.69 Å². The van der Waals surface area contributed by atoms with Gasteiger partial charge in [-0.25, -0.2) is 0 Å². The summed E-state index contributed by atoms with van der Waals surface area (Å²) in [4.78, 5) is 17.3. The Balaban J connectivity index is 1.88. The number of allylic oxidation sites excluding steroid dienone is 2. The van der Waals surface area contributed by atoms with Crippen molar-refractivity contribution < 1.29 is 18.0 Å². The van der Waals surface area contributed by atoms with Crippen LogP contribution in [0.5, 0.6) is 0 Å². The molecule has 0 amide bonds.